The van der Waals surface area contributed by atoms with Crippen LogP contribution in [0, 0.1) is 13.8 Å². The zero-order valence-corrected chi connectivity index (χ0v) is 14.9. The number of nitrogens with one attached hydrogen (secondary N) is 1. The average molecular weight is 369 g/mol. The van der Waals surface area contributed by atoms with Crippen LogP contribution in [0.5, 0.6) is 0 Å². The second kappa shape index (κ2) is 7.56. The normalized spacial score (nSPS) is 12.7. The van der Waals surface area contributed by atoms with E-state index in [2.05, 4.69) is 5.32 Å². The van der Waals surface area contributed by atoms with Gasteiger partial charge < -0.3 is 9.88 Å². The Morgan fingerprint density at radius 2 is 1.92 bits per heavy atom. The number of alkyl halides is 3. The first kappa shape index (κ1) is 20.5. The number of sulfonamides is 1. The van der Waals surface area contributed by atoms with Gasteiger partial charge in [0.15, 0.2) is 0 Å². The Bertz CT molecular complexity index is 696. The molecule has 0 bridgehead atoms. The van der Waals surface area contributed by atoms with Crippen LogP contribution in [0.1, 0.15) is 28.2 Å². The van der Waals surface area contributed by atoms with Crippen LogP contribution in [0.4, 0.5) is 13.2 Å². The Kier molecular flexibility index (Phi) is 6.45. The number of carbonyl (C=O) groups is 1. The standard InChI is InChI=1S/C14H22F3N3O3S/c1-10-8-12(11(2)20(10)9-14(15,16)17)13(21)18-6-5-7-19(3)24(4,22)23/h8H,5-7,9H2,1-4H3,(H,18,21). The fraction of sp³-hybridized carbons (Fsp3) is 0.643. The molecule has 0 saturated heterocycles. The van der Waals surface area contributed by atoms with Crippen molar-refractivity contribution in [1.29, 1.82) is 0 Å². The summed E-state index contributed by atoms with van der Waals surface area (Å²) in [7, 11) is -1.84. The number of carbonyl (C=O) groups excluding carboxylic acids is 1. The van der Waals surface area contributed by atoms with E-state index in [1.54, 1.807) is 0 Å². The molecule has 1 heterocycles. The lowest BCUT2D eigenvalue weighted by Gasteiger charge is -2.14. The minimum Gasteiger partial charge on any atom is -0.352 e. The zero-order chi connectivity index (χ0) is 18.7. The Hall–Kier alpha value is -1.55. The number of hydrogen-bond acceptors (Lipinski definition) is 3. The van der Waals surface area contributed by atoms with E-state index in [1.807, 2.05) is 0 Å². The van der Waals surface area contributed by atoms with Gasteiger partial charge in [-0.25, -0.2) is 12.7 Å². The summed E-state index contributed by atoms with van der Waals surface area (Å²) in [5.41, 5.74) is 0.788. The first-order valence-electron chi connectivity index (χ1n) is 7.26. The molecule has 1 aromatic rings. The molecule has 0 fully saturated rings. The fourth-order valence-corrected chi connectivity index (χ4v) is 2.68. The van der Waals surface area contributed by atoms with Crippen molar-refractivity contribution in [2.24, 2.45) is 0 Å². The van der Waals surface area contributed by atoms with Gasteiger partial charge in [-0.3, -0.25) is 4.79 Å². The van der Waals surface area contributed by atoms with Gasteiger partial charge in [0.25, 0.3) is 5.91 Å². The lowest BCUT2D eigenvalue weighted by molar-refractivity contribution is -0.141. The van der Waals surface area contributed by atoms with Gasteiger partial charge in [0, 0.05) is 31.5 Å². The zero-order valence-electron chi connectivity index (χ0n) is 14.1. The van der Waals surface area contributed by atoms with E-state index < -0.39 is 28.7 Å². The largest absolute Gasteiger partial charge is 0.406 e. The quantitative estimate of drug-likeness (QED) is 0.744. The Balaban J connectivity index is 2.65. The van der Waals surface area contributed by atoms with Gasteiger partial charge in [-0.2, -0.15) is 13.2 Å². The highest BCUT2D eigenvalue weighted by molar-refractivity contribution is 7.88. The molecule has 1 amide bonds. The highest BCUT2D eigenvalue weighted by Gasteiger charge is 2.30. The SMILES string of the molecule is Cc1cc(C(=O)NCCCN(C)S(C)(=O)=O)c(C)n1CC(F)(F)F. The maximum atomic E-state index is 12.6. The van der Waals surface area contributed by atoms with Gasteiger partial charge in [-0.1, -0.05) is 0 Å². The summed E-state index contributed by atoms with van der Waals surface area (Å²) in [5, 5.41) is 2.59. The number of hydrogen-bond donors (Lipinski definition) is 1. The summed E-state index contributed by atoms with van der Waals surface area (Å²) in [5.74, 6) is -0.474. The molecule has 0 aliphatic rings. The Morgan fingerprint density at radius 1 is 1.33 bits per heavy atom. The molecule has 1 rings (SSSR count). The minimum absolute atomic E-state index is 0.188. The molecule has 6 nitrogen and oxygen atoms in total. The number of rotatable bonds is 7. The summed E-state index contributed by atoms with van der Waals surface area (Å²) in [6.45, 7) is 2.30. The van der Waals surface area contributed by atoms with Crippen molar-refractivity contribution in [2.45, 2.75) is 33.0 Å². The Labute approximate surface area is 139 Å². The van der Waals surface area contributed by atoms with E-state index in [4.69, 9.17) is 0 Å². The monoisotopic (exact) mass is 369 g/mol. The van der Waals surface area contributed by atoms with E-state index in [9.17, 15) is 26.4 Å². The summed E-state index contributed by atoms with van der Waals surface area (Å²) in [6.07, 6.45) is -2.88. The maximum absolute atomic E-state index is 12.6. The predicted octanol–water partition coefficient (Wildman–Crippen LogP) is 1.68. The van der Waals surface area contributed by atoms with Gasteiger partial charge in [0.05, 0.1) is 11.8 Å². The molecule has 0 unspecified atom stereocenters. The smallest absolute Gasteiger partial charge is 0.352 e. The summed E-state index contributed by atoms with van der Waals surface area (Å²) >= 11 is 0. The number of aromatic nitrogens is 1. The van der Waals surface area contributed by atoms with E-state index in [0.29, 0.717) is 12.1 Å². The van der Waals surface area contributed by atoms with Crippen molar-refractivity contribution in [1.82, 2.24) is 14.2 Å². The molecule has 0 radical (unpaired) electrons. The van der Waals surface area contributed by atoms with Crippen molar-refractivity contribution >= 4 is 15.9 Å². The predicted molar refractivity (Wildman–Crippen MR) is 84.4 cm³/mol. The number of aryl methyl sites for hydroxylation is 1. The first-order chi connectivity index (χ1) is 10.8. The van der Waals surface area contributed by atoms with Crippen LogP contribution < -0.4 is 5.32 Å². The summed E-state index contributed by atoms with van der Waals surface area (Å²) in [6, 6.07) is 1.42. The molecule has 24 heavy (non-hydrogen) atoms. The van der Waals surface area contributed by atoms with Crippen molar-refractivity contribution in [3.8, 4) is 0 Å². The topological polar surface area (TPSA) is 71.4 Å². The molecular weight excluding hydrogens is 347 g/mol. The van der Waals surface area contributed by atoms with Crippen LogP contribution in [0.3, 0.4) is 0 Å². The van der Waals surface area contributed by atoms with Crippen molar-refractivity contribution < 1.29 is 26.4 Å². The summed E-state index contributed by atoms with van der Waals surface area (Å²) in [4.78, 5) is 12.1. The Morgan fingerprint density at radius 3 is 2.42 bits per heavy atom. The van der Waals surface area contributed by atoms with Gasteiger partial charge in [-0.05, 0) is 26.3 Å². The molecular formula is C14H22F3N3O3S. The molecule has 0 spiro atoms. The van der Waals surface area contributed by atoms with Gasteiger partial charge in [-0.15, -0.1) is 0 Å². The second-order valence-corrected chi connectivity index (χ2v) is 7.77. The molecule has 0 aromatic carbocycles. The first-order valence-corrected chi connectivity index (χ1v) is 9.10. The maximum Gasteiger partial charge on any atom is 0.406 e. The van der Waals surface area contributed by atoms with Crippen LogP contribution in [0.15, 0.2) is 6.07 Å². The number of halogens is 3. The molecule has 138 valence electrons. The van der Waals surface area contributed by atoms with E-state index in [-0.39, 0.29) is 24.3 Å². The van der Waals surface area contributed by atoms with Gasteiger partial charge in [0.1, 0.15) is 6.54 Å². The van der Waals surface area contributed by atoms with E-state index >= 15 is 0 Å². The number of amides is 1. The van der Waals surface area contributed by atoms with E-state index in [1.165, 1.54) is 27.0 Å². The average Bonchev–Trinajstić information content (AvgIpc) is 2.68. The fourth-order valence-electron chi connectivity index (χ4n) is 2.22. The highest BCUT2D eigenvalue weighted by Crippen LogP contribution is 2.23. The molecule has 0 atom stereocenters. The van der Waals surface area contributed by atoms with Gasteiger partial charge >= 0.3 is 6.18 Å². The molecule has 1 aromatic heterocycles. The third-order valence-electron chi connectivity index (χ3n) is 3.66. The van der Waals surface area contributed by atoms with Crippen LogP contribution >= 0.6 is 0 Å². The molecule has 1 N–H and O–H groups in total. The molecule has 0 saturated carbocycles. The molecule has 0 aliphatic heterocycles. The summed E-state index contributed by atoms with van der Waals surface area (Å²) < 4.78 is 62.3. The third-order valence-corrected chi connectivity index (χ3v) is 4.97. The van der Waals surface area contributed by atoms with Crippen molar-refractivity contribution in [3.05, 3.63) is 23.0 Å². The van der Waals surface area contributed by atoms with E-state index in [0.717, 1.165) is 15.1 Å². The lowest BCUT2D eigenvalue weighted by Crippen LogP contribution is -2.31. The van der Waals surface area contributed by atoms with Gasteiger partial charge in [0.2, 0.25) is 10.0 Å². The molecule has 0 aliphatic carbocycles. The van der Waals surface area contributed by atoms with Crippen LogP contribution in [0.2, 0.25) is 0 Å². The molecule has 10 heteroatoms. The minimum atomic E-state index is -4.36. The van der Waals surface area contributed by atoms with Crippen LogP contribution in [-0.4, -0.2) is 55.8 Å². The van der Waals surface area contributed by atoms with Crippen molar-refractivity contribution in [2.75, 3.05) is 26.4 Å². The number of nitrogens with zero attached hydrogens (tertiary/aromatic N) is 2. The third kappa shape index (κ3) is 5.82. The van der Waals surface area contributed by atoms with Crippen molar-refractivity contribution in [3.63, 3.8) is 0 Å². The van der Waals surface area contributed by atoms with Crippen LogP contribution in [-0.2, 0) is 16.6 Å². The second-order valence-electron chi connectivity index (χ2n) is 5.68. The van der Waals surface area contributed by atoms with Crippen LogP contribution in [0.25, 0.3) is 0 Å². The lowest BCUT2D eigenvalue weighted by atomic mass is 10.2. The highest BCUT2D eigenvalue weighted by atomic mass is 32.2.